The summed E-state index contributed by atoms with van der Waals surface area (Å²) in [5.74, 6) is 0.533. The summed E-state index contributed by atoms with van der Waals surface area (Å²) >= 11 is 7.28. The van der Waals surface area contributed by atoms with Crippen molar-refractivity contribution >= 4 is 29.3 Å². The summed E-state index contributed by atoms with van der Waals surface area (Å²) in [5, 5.41) is 12.5. The Morgan fingerprint density at radius 2 is 1.79 bits per heavy atom. The zero-order chi connectivity index (χ0) is 23.9. The molecule has 0 aliphatic rings. The third-order valence-electron chi connectivity index (χ3n) is 4.86. The summed E-state index contributed by atoms with van der Waals surface area (Å²) in [7, 11) is 0. The van der Waals surface area contributed by atoms with Crippen LogP contribution in [0.5, 0.6) is 0 Å². The fourth-order valence-electron chi connectivity index (χ4n) is 3.31. The lowest BCUT2D eigenvalue weighted by molar-refractivity contribution is -0.118. The maximum Gasteiger partial charge on any atom is 0.325 e. The first kappa shape index (κ1) is 23.5. The monoisotopic (exact) mass is 496 g/mol. The molecule has 2 aromatic heterocycles. The zero-order valence-corrected chi connectivity index (χ0v) is 19.5. The smallest absolute Gasteiger partial charge is 0.325 e. The normalized spacial score (nSPS) is 10.9. The second-order valence-electron chi connectivity index (χ2n) is 7.37. The van der Waals surface area contributed by atoms with Gasteiger partial charge >= 0.3 is 5.69 Å². The summed E-state index contributed by atoms with van der Waals surface area (Å²) in [5.41, 5.74) is 1.19. The molecule has 0 spiro atoms. The second-order valence-corrected chi connectivity index (χ2v) is 8.75. The molecular weight excluding hydrogens is 476 g/mol. The Balaban J connectivity index is 1.49. The fourth-order valence-corrected chi connectivity index (χ4v) is 4.24. The van der Waals surface area contributed by atoms with Crippen LogP contribution >= 0.6 is 23.4 Å². The highest BCUT2D eigenvalue weighted by Crippen LogP contribution is 2.24. The van der Waals surface area contributed by atoms with Gasteiger partial charge in [-0.2, -0.15) is 0 Å². The average Bonchev–Trinajstić information content (AvgIpc) is 3.20. The van der Waals surface area contributed by atoms with Crippen LogP contribution in [0, 0.1) is 0 Å². The topological polar surface area (TPSA) is 126 Å². The number of aromatic nitrogens is 5. The van der Waals surface area contributed by atoms with Crippen LogP contribution in [0.25, 0.3) is 5.69 Å². The van der Waals surface area contributed by atoms with Crippen LogP contribution in [-0.4, -0.2) is 42.9 Å². The van der Waals surface area contributed by atoms with Crippen molar-refractivity contribution < 1.29 is 4.79 Å². The molecule has 2 aromatic carbocycles. The van der Waals surface area contributed by atoms with Gasteiger partial charge in [0, 0.05) is 35.4 Å². The van der Waals surface area contributed by atoms with Gasteiger partial charge < -0.3 is 10.3 Å². The van der Waals surface area contributed by atoms with Crippen LogP contribution < -0.4 is 16.6 Å². The molecule has 0 aliphatic carbocycles. The van der Waals surface area contributed by atoms with Crippen molar-refractivity contribution in [3.8, 4) is 5.69 Å². The summed E-state index contributed by atoms with van der Waals surface area (Å²) in [6.45, 7) is 0.536. The number of H-pyrrole nitrogens is 2. The maximum absolute atomic E-state index is 12.4. The average molecular weight is 497 g/mol. The first-order valence-corrected chi connectivity index (χ1v) is 11.8. The van der Waals surface area contributed by atoms with E-state index < -0.39 is 11.2 Å². The molecular formula is C23H21ClN6O3S. The van der Waals surface area contributed by atoms with E-state index in [1.165, 1.54) is 17.8 Å². The molecule has 11 heteroatoms. The van der Waals surface area contributed by atoms with Gasteiger partial charge in [0.2, 0.25) is 5.91 Å². The first-order chi connectivity index (χ1) is 16.5. The van der Waals surface area contributed by atoms with Crippen molar-refractivity contribution in [3.63, 3.8) is 0 Å². The number of aromatic amines is 2. The number of halogens is 1. The van der Waals surface area contributed by atoms with Crippen LogP contribution in [0.15, 0.2) is 75.4 Å². The van der Waals surface area contributed by atoms with Crippen molar-refractivity contribution in [2.24, 2.45) is 0 Å². The minimum Gasteiger partial charge on any atom is -0.355 e. The molecule has 174 valence electrons. The highest BCUT2D eigenvalue weighted by Gasteiger charge is 2.17. The Bertz CT molecular complexity index is 1350. The molecule has 4 rings (SSSR count). The van der Waals surface area contributed by atoms with Gasteiger partial charge in [0.25, 0.3) is 5.56 Å². The van der Waals surface area contributed by atoms with Crippen LogP contribution in [0.2, 0.25) is 5.02 Å². The largest absolute Gasteiger partial charge is 0.355 e. The molecule has 9 nitrogen and oxygen atoms in total. The van der Waals surface area contributed by atoms with Gasteiger partial charge in [-0.1, -0.05) is 53.7 Å². The SMILES string of the molecule is O=C(CSc1nnc(Cc2cc(=O)[nH]c(=O)[nH]2)n1-c1ccc(Cl)cc1)NCCc1ccccc1. The molecule has 34 heavy (non-hydrogen) atoms. The molecule has 0 saturated carbocycles. The third kappa shape index (κ3) is 6.24. The van der Waals surface area contributed by atoms with Crippen molar-refractivity contribution in [1.82, 2.24) is 30.0 Å². The number of carbonyl (C=O) groups is 1. The number of carbonyl (C=O) groups excluding carboxylic acids is 1. The van der Waals surface area contributed by atoms with Gasteiger partial charge in [0.15, 0.2) is 5.16 Å². The van der Waals surface area contributed by atoms with E-state index in [-0.39, 0.29) is 18.1 Å². The van der Waals surface area contributed by atoms with Crippen LogP contribution in [0.3, 0.4) is 0 Å². The van der Waals surface area contributed by atoms with Crippen LogP contribution in [0.4, 0.5) is 0 Å². The Morgan fingerprint density at radius 1 is 1.03 bits per heavy atom. The highest BCUT2D eigenvalue weighted by atomic mass is 35.5. The van der Waals surface area contributed by atoms with Crippen molar-refractivity contribution in [3.05, 3.63) is 104 Å². The number of thioether (sulfide) groups is 1. The predicted octanol–water partition coefficient (Wildman–Crippen LogP) is 2.34. The van der Waals surface area contributed by atoms with E-state index in [2.05, 4.69) is 25.5 Å². The summed E-state index contributed by atoms with van der Waals surface area (Å²) < 4.78 is 1.78. The molecule has 0 saturated heterocycles. The number of nitrogens with zero attached hydrogens (tertiary/aromatic N) is 3. The number of nitrogens with one attached hydrogen (secondary N) is 3. The van der Waals surface area contributed by atoms with Gasteiger partial charge in [0.1, 0.15) is 5.82 Å². The minimum atomic E-state index is -0.596. The third-order valence-corrected chi connectivity index (χ3v) is 6.04. The van der Waals surface area contributed by atoms with E-state index in [0.717, 1.165) is 17.7 Å². The Morgan fingerprint density at radius 3 is 2.53 bits per heavy atom. The lowest BCUT2D eigenvalue weighted by atomic mass is 10.1. The molecule has 4 aromatic rings. The van der Waals surface area contributed by atoms with Gasteiger partial charge in [-0.05, 0) is 36.2 Å². The van der Waals surface area contributed by atoms with Gasteiger partial charge in [-0.3, -0.25) is 19.1 Å². The van der Waals surface area contributed by atoms with E-state index in [1.807, 2.05) is 30.3 Å². The molecule has 0 atom stereocenters. The molecule has 1 amide bonds. The van der Waals surface area contributed by atoms with E-state index in [1.54, 1.807) is 28.8 Å². The number of hydrogen-bond acceptors (Lipinski definition) is 6. The standard InChI is InChI=1S/C23H21ClN6O3S/c24-16-6-8-18(9-7-16)30-19(12-17-13-20(31)27-22(33)26-17)28-29-23(30)34-14-21(32)25-11-10-15-4-2-1-3-5-15/h1-9,13H,10-12,14H2,(H,25,32)(H2,26,27,31,33). The minimum absolute atomic E-state index is 0.118. The maximum atomic E-state index is 12.4. The van der Waals surface area contributed by atoms with Crippen molar-refractivity contribution in [1.29, 1.82) is 0 Å². The molecule has 0 aliphatic heterocycles. The Hall–Kier alpha value is -3.63. The second kappa shape index (κ2) is 11.0. The summed E-state index contributed by atoms with van der Waals surface area (Å²) in [6.07, 6.45) is 0.912. The quantitative estimate of drug-likeness (QED) is 0.305. The van der Waals surface area contributed by atoms with E-state index in [4.69, 9.17) is 11.6 Å². The zero-order valence-electron chi connectivity index (χ0n) is 18.0. The molecule has 2 heterocycles. The number of amides is 1. The molecule has 0 bridgehead atoms. The van der Waals surface area contributed by atoms with Gasteiger partial charge in [-0.25, -0.2) is 4.79 Å². The summed E-state index contributed by atoms with van der Waals surface area (Å²) in [4.78, 5) is 40.4. The molecule has 3 N–H and O–H groups in total. The van der Waals surface area contributed by atoms with Crippen molar-refractivity contribution in [2.75, 3.05) is 12.3 Å². The van der Waals surface area contributed by atoms with Crippen molar-refractivity contribution in [2.45, 2.75) is 18.0 Å². The fraction of sp³-hybridized carbons (Fsp3) is 0.174. The van der Waals surface area contributed by atoms with Crippen LogP contribution in [-0.2, 0) is 17.6 Å². The number of rotatable bonds is 9. The Labute approximate surface area is 203 Å². The van der Waals surface area contributed by atoms with E-state index in [9.17, 15) is 14.4 Å². The lowest BCUT2D eigenvalue weighted by Gasteiger charge is -2.11. The van der Waals surface area contributed by atoms with Gasteiger partial charge in [-0.15, -0.1) is 10.2 Å². The molecule has 0 fully saturated rings. The van der Waals surface area contributed by atoms with Crippen LogP contribution in [0.1, 0.15) is 17.1 Å². The van der Waals surface area contributed by atoms with Gasteiger partial charge in [0.05, 0.1) is 5.75 Å². The predicted molar refractivity (Wildman–Crippen MR) is 131 cm³/mol. The Kier molecular flexibility index (Phi) is 7.61. The molecule has 0 unspecified atom stereocenters. The molecule has 0 radical (unpaired) electrons. The number of hydrogen-bond donors (Lipinski definition) is 3. The van der Waals surface area contributed by atoms with E-state index >= 15 is 0 Å². The first-order valence-electron chi connectivity index (χ1n) is 10.4. The number of benzene rings is 2. The lowest BCUT2D eigenvalue weighted by Crippen LogP contribution is -2.27. The van der Waals surface area contributed by atoms with E-state index in [0.29, 0.717) is 28.2 Å². The highest BCUT2D eigenvalue weighted by molar-refractivity contribution is 7.99. The summed E-state index contributed by atoms with van der Waals surface area (Å²) in [6, 6.07) is 18.3.